The first-order chi connectivity index (χ1) is 9.32. The van der Waals surface area contributed by atoms with Crippen LogP contribution in [0.3, 0.4) is 0 Å². The highest BCUT2D eigenvalue weighted by Crippen LogP contribution is 2.26. The van der Waals surface area contributed by atoms with E-state index in [-0.39, 0.29) is 21.3 Å². The van der Waals surface area contributed by atoms with E-state index in [1.807, 2.05) is 0 Å². The van der Waals surface area contributed by atoms with E-state index in [1.165, 1.54) is 36.5 Å². The number of nitrogens with zero attached hydrogens (tertiary/aromatic N) is 1. The van der Waals surface area contributed by atoms with Crippen molar-refractivity contribution in [2.45, 2.75) is 11.3 Å². The van der Waals surface area contributed by atoms with Crippen molar-refractivity contribution in [1.82, 2.24) is 3.97 Å². The average Bonchev–Trinajstić information content (AvgIpc) is 2.80. The first-order valence-electron chi connectivity index (χ1n) is 5.51. The van der Waals surface area contributed by atoms with Crippen molar-refractivity contribution in [1.29, 1.82) is 0 Å². The van der Waals surface area contributed by atoms with Crippen molar-refractivity contribution in [2.24, 2.45) is 0 Å². The van der Waals surface area contributed by atoms with Crippen molar-refractivity contribution in [3.05, 3.63) is 47.2 Å². The number of nitrogens with two attached hydrogens (primary N) is 1. The second-order valence-corrected chi connectivity index (χ2v) is 6.27. The van der Waals surface area contributed by atoms with Crippen molar-refractivity contribution in [2.75, 3.05) is 5.73 Å². The monoisotopic (exact) mass is 314 g/mol. The standard InChI is InChI=1S/C12H11ClN2O4S/c13-8-3-4-10(14)11(6-8)20(18,19)15-5-1-2-9(15)7-12(16)17/h1-6H,7,14H2,(H,16,17). The third-order valence-electron chi connectivity index (χ3n) is 2.64. The second kappa shape index (κ2) is 5.18. The summed E-state index contributed by atoms with van der Waals surface area (Å²) in [6.45, 7) is 0. The molecule has 0 aliphatic heterocycles. The number of halogens is 1. The number of rotatable bonds is 4. The summed E-state index contributed by atoms with van der Waals surface area (Å²) in [5.74, 6) is -1.13. The molecular formula is C12H11ClN2O4S. The molecule has 1 aromatic heterocycles. The van der Waals surface area contributed by atoms with E-state index in [4.69, 9.17) is 22.4 Å². The zero-order valence-electron chi connectivity index (χ0n) is 10.2. The number of anilines is 1. The molecule has 0 amide bonds. The number of carboxylic acids is 1. The summed E-state index contributed by atoms with van der Waals surface area (Å²) in [6.07, 6.45) is 0.862. The Balaban J connectivity index is 2.59. The molecule has 0 fully saturated rings. The maximum absolute atomic E-state index is 12.5. The molecule has 2 aromatic rings. The molecule has 0 bridgehead atoms. The number of hydrogen-bond acceptors (Lipinski definition) is 4. The Morgan fingerprint density at radius 3 is 2.70 bits per heavy atom. The van der Waals surface area contributed by atoms with Gasteiger partial charge in [-0.2, -0.15) is 0 Å². The molecule has 0 atom stereocenters. The number of hydrogen-bond donors (Lipinski definition) is 2. The van der Waals surface area contributed by atoms with Crippen molar-refractivity contribution >= 4 is 33.3 Å². The van der Waals surface area contributed by atoms with Crippen LogP contribution in [0.2, 0.25) is 5.02 Å². The molecule has 3 N–H and O–H groups in total. The van der Waals surface area contributed by atoms with Crippen molar-refractivity contribution < 1.29 is 18.3 Å². The van der Waals surface area contributed by atoms with E-state index in [9.17, 15) is 13.2 Å². The van der Waals surface area contributed by atoms with Crippen LogP contribution in [0.25, 0.3) is 0 Å². The zero-order chi connectivity index (χ0) is 14.9. The lowest BCUT2D eigenvalue weighted by Gasteiger charge is -2.11. The van der Waals surface area contributed by atoms with Gasteiger partial charge in [0, 0.05) is 16.9 Å². The normalized spacial score (nSPS) is 11.4. The maximum Gasteiger partial charge on any atom is 0.309 e. The molecule has 0 radical (unpaired) electrons. The molecule has 0 unspecified atom stereocenters. The predicted molar refractivity (Wildman–Crippen MR) is 74.2 cm³/mol. The molecule has 1 aromatic carbocycles. The van der Waals surface area contributed by atoms with Crippen LogP contribution in [-0.2, 0) is 21.2 Å². The Kier molecular flexibility index (Phi) is 3.74. The van der Waals surface area contributed by atoms with Crippen LogP contribution in [-0.4, -0.2) is 23.5 Å². The summed E-state index contributed by atoms with van der Waals surface area (Å²) in [6, 6.07) is 6.97. The van der Waals surface area contributed by atoms with Gasteiger partial charge in [-0.3, -0.25) is 4.79 Å². The van der Waals surface area contributed by atoms with E-state index in [2.05, 4.69) is 0 Å². The Morgan fingerprint density at radius 2 is 2.05 bits per heavy atom. The van der Waals surface area contributed by atoms with Crippen LogP contribution in [0.1, 0.15) is 5.69 Å². The first-order valence-corrected chi connectivity index (χ1v) is 7.33. The molecule has 20 heavy (non-hydrogen) atoms. The van der Waals surface area contributed by atoms with E-state index in [0.717, 1.165) is 3.97 Å². The van der Waals surface area contributed by atoms with Gasteiger partial charge in [0.1, 0.15) is 4.90 Å². The van der Waals surface area contributed by atoms with E-state index in [0.29, 0.717) is 0 Å². The third kappa shape index (κ3) is 2.63. The van der Waals surface area contributed by atoms with Gasteiger partial charge in [-0.1, -0.05) is 11.6 Å². The molecule has 0 spiro atoms. The lowest BCUT2D eigenvalue weighted by molar-refractivity contribution is -0.136. The van der Waals surface area contributed by atoms with E-state index < -0.39 is 22.4 Å². The number of benzene rings is 1. The predicted octanol–water partition coefficient (Wildman–Crippen LogP) is 1.59. The minimum Gasteiger partial charge on any atom is -0.481 e. The molecule has 0 saturated heterocycles. The summed E-state index contributed by atoms with van der Waals surface area (Å²) in [7, 11) is -3.98. The zero-order valence-corrected chi connectivity index (χ0v) is 11.7. The number of nitrogen functional groups attached to an aromatic ring is 1. The number of aliphatic carboxylic acids is 1. The minimum atomic E-state index is -3.98. The summed E-state index contributed by atoms with van der Waals surface area (Å²) in [5.41, 5.74) is 5.85. The Morgan fingerprint density at radius 1 is 1.35 bits per heavy atom. The number of carbonyl (C=O) groups is 1. The van der Waals surface area contributed by atoms with Gasteiger partial charge in [0.2, 0.25) is 0 Å². The SMILES string of the molecule is Nc1ccc(Cl)cc1S(=O)(=O)n1cccc1CC(=O)O. The molecular weight excluding hydrogens is 304 g/mol. The fraction of sp³-hybridized carbons (Fsp3) is 0.0833. The average molecular weight is 315 g/mol. The fourth-order valence-electron chi connectivity index (χ4n) is 1.77. The van der Waals surface area contributed by atoms with Gasteiger partial charge >= 0.3 is 5.97 Å². The smallest absolute Gasteiger partial charge is 0.309 e. The summed E-state index contributed by atoms with van der Waals surface area (Å²) < 4.78 is 25.9. The largest absolute Gasteiger partial charge is 0.481 e. The molecule has 1 heterocycles. The minimum absolute atomic E-state index is 0.0457. The lowest BCUT2D eigenvalue weighted by Crippen LogP contribution is -2.18. The van der Waals surface area contributed by atoms with Crippen LogP contribution < -0.4 is 5.73 Å². The summed E-state index contributed by atoms with van der Waals surface area (Å²) in [5, 5.41) is 9.02. The van der Waals surface area contributed by atoms with Gasteiger partial charge in [-0.05, 0) is 30.3 Å². The van der Waals surface area contributed by atoms with Crippen molar-refractivity contribution in [3.63, 3.8) is 0 Å². The van der Waals surface area contributed by atoms with Gasteiger partial charge < -0.3 is 10.8 Å². The number of carboxylic acid groups (broad SMARTS) is 1. The molecule has 0 saturated carbocycles. The van der Waals surface area contributed by atoms with Gasteiger partial charge in [-0.25, -0.2) is 12.4 Å². The first kappa shape index (κ1) is 14.4. The van der Waals surface area contributed by atoms with Gasteiger partial charge in [0.05, 0.1) is 12.1 Å². The van der Waals surface area contributed by atoms with Crippen LogP contribution in [0, 0.1) is 0 Å². The maximum atomic E-state index is 12.5. The molecule has 2 rings (SSSR count). The van der Waals surface area contributed by atoms with Crippen LogP contribution in [0.15, 0.2) is 41.4 Å². The molecule has 8 heteroatoms. The van der Waals surface area contributed by atoms with Gasteiger partial charge in [0.25, 0.3) is 10.0 Å². The lowest BCUT2D eigenvalue weighted by atomic mass is 10.3. The van der Waals surface area contributed by atoms with Gasteiger partial charge in [-0.15, -0.1) is 0 Å². The summed E-state index contributed by atoms with van der Waals surface area (Å²) >= 11 is 5.79. The quantitative estimate of drug-likeness (QED) is 0.834. The van der Waals surface area contributed by atoms with Crippen LogP contribution in [0.4, 0.5) is 5.69 Å². The van der Waals surface area contributed by atoms with Crippen LogP contribution >= 0.6 is 11.6 Å². The Labute approximate surface area is 120 Å². The topological polar surface area (TPSA) is 102 Å². The molecule has 6 nitrogen and oxygen atoms in total. The highest BCUT2D eigenvalue weighted by molar-refractivity contribution is 7.90. The van der Waals surface area contributed by atoms with E-state index in [1.54, 1.807) is 0 Å². The van der Waals surface area contributed by atoms with Crippen molar-refractivity contribution in [3.8, 4) is 0 Å². The van der Waals surface area contributed by atoms with E-state index >= 15 is 0 Å². The molecule has 0 aliphatic carbocycles. The fourth-order valence-corrected chi connectivity index (χ4v) is 3.52. The highest BCUT2D eigenvalue weighted by Gasteiger charge is 2.23. The summed E-state index contributed by atoms with van der Waals surface area (Å²) in [4.78, 5) is 10.6. The number of aromatic nitrogens is 1. The Hall–Kier alpha value is -1.99. The van der Waals surface area contributed by atoms with Crippen LogP contribution in [0.5, 0.6) is 0 Å². The highest BCUT2D eigenvalue weighted by atomic mass is 35.5. The van der Waals surface area contributed by atoms with Gasteiger partial charge in [0.15, 0.2) is 0 Å². The second-order valence-electron chi connectivity index (χ2n) is 4.05. The molecule has 0 aliphatic rings. The third-order valence-corrected chi connectivity index (χ3v) is 4.66. The molecule has 106 valence electrons. The Bertz CT molecular complexity index is 768.